The molecule has 3 rings (SSSR count). The maximum absolute atomic E-state index is 12.1. The van der Waals surface area contributed by atoms with Crippen LogP contribution in [-0.2, 0) is 11.3 Å². The first-order chi connectivity index (χ1) is 10.6. The largest absolute Gasteiger partial charge is 0.376 e. The molecule has 2 aromatic heterocycles. The Hall–Kier alpha value is -1.38. The quantitative estimate of drug-likeness (QED) is 0.644. The number of nitrogens with zero attached hydrogens (tertiary/aromatic N) is 2. The highest BCUT2D eigenvalue weighted by molar-refractivity contribution is 7.99. The Kier molecular flexibility index (Phi) is 4.80. The van der Waals surface area contributed by atoms with Gasteiger partial charge < -0.3 is 4.74 Å². The lowest BCUT2D eigenvalue weighted by Crippen LogP contribution is -2.25. The van der Waals surface area contributed by atoms with Crippen molar-refractivity contribution in [2.75, 3.05) is 12.4 Å². The molecule has 118 valence electrons. The Balaban J connectivity index is 1.65. The molecule has 1 saturated heterocycles. The van der Waals surface area contributed by atoms with E-state index in [0.717, 1.165) is 29.2 Å². The van der Waals surface area contributed by atoms with Crippen molar-refractivity contribution in [2.45, 2.75) is 37.6 Å². The molecule has 2 aromatic rings. The van der Waals surface area contributed by atoms with Gasteiger partial charge in [0.05, 0.1) is 23.3 Å². The number of nitrogens with one attached hydrogen (secondary N) is 1. The topological polar surface area (TPSA) is 77.0 Å². The van der Waals surface area contributed by atoms with Gasteiger partial charge in [-0.2, -0.15) is 0 Å². The van der Waals surface area contributed by atoms with Crippen LogP contribution in [0.25, 0.3) is 0 Å². The molecule has 0 radical (unpaired) electrons. The molecule has 1 aliphatic rings. The minimum absolute atomic E-state index is 0.0576. The van der Waals surface area contributed by atoms with Crippen LogP contribution >= 0.6 is 23.1 Å². The van der Waals surface area contributed by atoms with Crippen LogP contribution in [0.1, 0.15) is 27.4 Å². The Morgan fingerprint density at radius 2 is 2.45 bits per heavy atom. The van der Waals surface area contributed by atoms with Crippen LogP contribution in [0.4, 0.5) is 0 Å². The molecular weight excluding hydrogens is 322 g/mol. The fourth-order valence-electron chi connectivity index (χ4n) is 2.35. The minimum atomic E-state index is -0.252. The van der Waals surface area contributed by atoms with E-state index in [9.17, 15) is 9.59 Å². The van der Waals surface area contributed by atoms with Crippen LogP contribution in [0.3, 0.4) is 0 Å². The number of thiophene rings is 1. The van der Waals surface area contributed by atoms with Crippen LogP contribution in [0.5, 0.6) is 0 Å². The number of ether oxygens (including phenoxy) is 1. The van der Waals surface area contributed by atoms with Gasteiger partial charge in [-0.15, -0.1) is 16.4 Å². The van der Waals surface area contributed by atoms with E-state index >= 15 is 0 Å². The van der Waals surface area contributed by atoms with Crippen molar-refractivity contribution in [1.82, 2.24) is 14.8 Å². The van der Waals surface area contributed by atoms with E-state index in [4.69, 9.17) is 4.74 Å². The fourth-order valence-corrected chi connectivity index (χ4v) is 4.09. The molecule has 0 spiro atoms. The molecule has 0 aromatic carbocycles. The van der Waals surface area contributed by atoms with Gasteiger partial charge >= 0.3 is 5.69 Å². The Morgan fingerprint density at radius 1 is 1.59 bits per heavy atom. The summed E-state index contributed by atoms with van der Waals surface area (Å²) in [7, 11) is 0. The summed E-state index contributed by atoms with van der Waals surface area (Å²) in [5.74, 6) is 0.331. The van der Waals surface area contributed by atoms with Crippen LogP contribution < -0.4 is 5.69 Å². The molecule has 1 N–H and O–H groups in total. The predicted octanol–water partition coefficient (Wildman–Crippen LogP) is 2.10. The second-order valence-electron chi connectivity index (χ2n) is 5.18. The van der Waals surface area contributed by atoms with Crippen LogP contribution in [0, 0.1) is 6.92 Å². The van der Waals surface area contributed by atoms with Crippen molar-refractivity contribution in [3.05, 3.63) is 32.4 Å². The molecule has 0 aliphatic carbocycles. The van der Waals surface area contributed by atoms with Crippen LogP contribution in [0.2, 0.25) is 0 Å². The van der Waals surface area contributed by atoms with Gasteiger partial charge in [0.15, 0.2) is 10.9 Å². The number of rotatable bonds is 6. The molecule has 6 nitrogen and oxygen atoms in total. The van der Waals surface area contributed by atoms with E-state index < -0.39 is 0 Å². The molecule has 0 bridgehead atoms. The van der Waals surface area contributed by atoms with E-state index in [2.05, 4.69) is 10.2 Å². The molecule has 1 aliphatic heterocycles. The second-order valence-corrected chi connectivity index (χ2v) is 7.41. The number of aromatic amines is 1. The summed E-state index contributed by atoms with van der Waals surface area (Å²) in [4.78, 5) is 25.8. The van der Waals surface area contributed by atoms with E-state index in [1.165, 1.54) is 23.1 Å². The highest BCUT2D eigenvalue weighted by Crippen LogP contribution is 2.21. The van der Waals surface area contributed by atoms with Crippen molar-refractivity contribution in [3.63, 3.8) is 0 Å². The second kappa shape index (κ2) is 6.80. The highest BCUT2D eigenvalue weighted by Gasteiger charge is 2.20. The number of hydrogen-bond donors (Lipinski definition) is 1. The Bertz CT molecular complexity index is 713. The van der Waals surface area contributed by atoms with E-state index in [1.54, 1.807) is 4.57 Å². The summed E-state index contributed by atoms with van der Waals surface area (Å²) in [6.07, 6.45) is 2.04. The Morgan fingerprint density at radius 3 is 3.14 bits per heavy atom. The molecule has 1 fully saturated rings. The summed E-state index contributed by atoms with van der Waals surface area (Å²) in [5.41, 5.74) is -0.252. The van der Waals surface area contributed by atoms with Crippen molar-refractivity contribution in [2.24, 2.45) is 0 Å². The lowest BCUT2D eigenvalue weighted by Gasteiger charge is -2.10. The first-order valence-electron chi connectivity index (χ1n) is 7.13. The third kappa shape index (κ3) is 3.50. The molecule has 3 heterocycles. The molecule has 0 amide bonds. The van der Waals surface area contributed by atoms with Gasteiger partial charge in [0.1, 0.15) is 0 Å². The normalized spacial score (nSPS) is 18.0. The number of carbonyl (C=O) groups excluding carboxylic acids is 1. The van der Waals surface area contributed by atoms with Crippen LogP contribution in [0.15, 0.2) is 22.1 Å². The van der Waals surface area contributed by atoms with Gasteiger partial charge in [-0.05, 0) is 31.9 Å². The summed E-state index contributed by atoms with van der Waals surface area (Å²) in [6, 6.07) is 3.78. The zero-order valence-electron chi connectivity index (χ0n) is 12.2. The van der Waals surface area contributed by atoms with Crippen molar-refractivity contribution >= 4 is 28.9 Å². The summed E-state index contributed by atoms with van der Waals surface area (Å²) in [5, 5.41) is 7.01. The molecule has 0 saturated carbocycles. The molecule has 0 unspecified atom stereocenters. The van der Waals surface area contributed by atoms with Gasteiger partial charge in [-0.25, -0.2) is 9.89 Å². The zero-order chi connectivity index (χ0) is 15.5. The number of carbonyl (C=O) groups is 1. The van der Waals surface area contributed by atoms with Gasteiger partial charge in [0, 0.05) is 11.5 Å². The lowest BCUT2D eigenvalue weighted by molar-refractivity contribution is 0.0941. The minimum Gasteiger partial charge on any atom is -0.376 e. The standard InChI is InChI=1S/C14H17N3O3S2/c1-9-4-5-12(22-9)11(18)8-21-14-16-15-13(19)17(14)7-10-3-2-6-20-10/h4-5,10H,2-3,6-8H2,1H3,(H,15,19)/t10-/m0/s1. The maximum atomic E-state index is 12.1. The number of ketones is 1. The van der Waals surface area contributed by atoms with Gasteiger partial charge in [0.25, 0.3) is 0 Å². The number of H-pyrrole nitrogens is 1. The van der Waals surface area contributed by atoms with Gasteiger partial charge in [0.2, 0.25) is 0 Å². The summed E-state index contributed by atoms with van der Waals surface area (Å²) in [6.45, 7) is 3.21. The van der Waals surface area contributed by atoms with E-state index in [-0.39, 0.29) is 23.3 Å². The monoisotopic (exact) mass is 339 g/mol. The smallest absolute Gasteiger partial charge is 0.344 e. The summed E-state index contributed by atoms with van der Waals surface area (Å²) < 4.78 is 7.12. The Labute approximate surface area is 135 Å². The number of Topliss-reactive ketones (excluding diaryl/α,β-unsaturated/α-hetero) is 1. The fraction of sp³-hybridized carbons (Fsp3) is 0.500. The van der Waals surface area contributed by atoms with Crippen LogP contribution in [-0.4, -0.2) is 39.0 Å². The van der Waals surface area contributed by atoms with Gasteiger partial charge in [-0.1, -0.05) is 11.8 Å². The predicted molar refractivity (Wildman–Crippen MR) is 85.9 cm³/mol. The third-order valence-corrected chi connectivity index (χ3v) is 5.50. The van der Waals surface area contributed by atoms with Gasteiger partial charge in [-0.3, -0.25) is 9.36 Å². The number of aromatic nitrogens is 3. The third-order valence-electron chi connectivity index (χ3n) is 3.48. The number of aryl methyl sites for hydroxylation is 1. The number of hydrogen-bond acceptors (Lipinski definition) is 6. The molecular formula is C14H17N3O3S2. The number of thioether (sulfide) groups is 1. The first kappa shape index (κ1) is 15.5. The average molecular weight is 339 g/mol. The molecule has 22 heavy (non-hydrogen) atoms. The first-order valence-corrected chi connectivity index (χ1v) is 8.93. The van der Waals surface area contributed by atoms with Crippen molar-refractivity contribution in [1.29, 1.82) is 0 Å². The average Bonchev–Trinajstić information content (AvgIpc) is 3.22. The summed E-state index contributed by atoms with van der Waals surface area (Å²) >= 11 is 2.77. The molecule has 8 heteroatoms. The zero-order valence-corrected chi connectivity index (χ0v) is 13.8. The SMILES string of the molecule is Cc1ccc(C(=O)CSc2n[nH]c(=O)n2C[C@@H]2CCCO2)s1. The molecule has 1 atom stereocenters. The van der Waals surface area contributed by atoms with E-state index in [1.807, 2.05) is 19.1 Å². The van der Waals surface area contributed by atoms with Crippen molar-refractivity contribution < 1.29 is 9.53 Å². The van der Waals surface area contributed by atoms with E-state index in [0.29, 0.717) is 11.7 Å². The highest BCUT2D eigenvalue weighted by atomic mass is 32.2. The maximum Gasteiger partial charge on any atom is 0.344 e. The van der Waals surface area contributed by atoms with Crippen molar-refractivity contribution in [3.8, 4) is 0 Å². The lowest BCUT2D eigenvalue weighted by atomic mass is 10.2.